The maximum atomic E-state index is 2.43. The Hall–Kier alpha value is -6.64. The summed E-state index contributed by atoms with van der Waals surface area (Å²) in [6.07, 6.45) is 0.897. The summed E-state index contributed by atoms with van der Waals surface area (Å²) in [5, 5.41) is 2.50. The number of fused-ring (bicyclic) bond motifs is 3. The van der Waals surface area contributed by atoms with Crippen molar-refractivity contribution in [3.63, 3.8) is 0 Å². The van der Waals surface area contributed by atoms with Gasteiger partial charge in [-0.05, 0) is 101 Å². The standard InChI is InChI=1S/C50H38N2/c1-6-18-37(19-7-1)32-47(38-20-8-2-9-21-38)41-33-40(34-45(35-41)51(42-22-10-3-11-23-42)43-24-12-4-13-25-43)39-30-31-50-48(36-39)46-28-16-17-29-49(46)52(50)44-26-14-5-15-27-44/h1-31,33-36,47H,32H2. The van der Waals surface area contributed by atoms with E-state index in [-0.39, 0.29) is 5.92 Å². The molecule has 0 saturated heterocycles. The molecular formula is C50H38N2. The van der Waals surface area contributed by atoms with Crippen LogP contribution in [0.5, 0.6) is 0 Å². The van der Waals surface area contributed by atoms with Gasteiger partial charge in [-0.2, -0.15) is 0 Å². The van der Waals surface area contributed by atoms with Crippen molar-refractivity contribution in [2.45, 2.75) is 12.3 Å². The summed E-state index contributed by atoms with van der Waals surface area (Å²) in [7, 11) is 0. The van der Waals surface area contributed by atoms with E-state index >= 15 is 0 Å². The van der Waals surface area contributed by atoms with Crippen molar-refractivity contribution < 1.29 is 0 Å². The van der Waals surface area contributed by atoms with E-state index in [1.54, 1.807) is 0 Å². The van der Waals surface area contributed by atoms with Crippen molar-refractivity contribution in [2.75, 3.05) is 4.90 Å². The molecular weight excluding hydrogens is 629 g/mol. The highest BCUT2D eigenvalue weighted by atomic mass is 15.1. The van der Waals surface area contributed by atoms with Gasteiger partial charge in [0.05, 0.1) is 11.0 Å². The van der Waals surface area contributed by atoms with Crippen LogP contribution in [0.4, 0.5) is 17.1 Å². The molecule has 9 aromatic rings. The van der Waals surface area contributed by atoms with E-state index in [0.29, 0.717) is 0 Å². The normalized spacial score (nSPS) is 11.8. The molecule has 0 aliphatic heterocycles. The molecule has 0 spiro atoms. The van der Waals surface area contributed by atoms with Crippen LogP contribution >= 0.6 is 0 Å². The monoisotopic (exact) mass is 666 g/mol. The highest BCUT2D eigenvalue weighted by Crippen LogP contribution is 2.42. The Bertz CT molecular complexity index is 2540. The lowest BCUT2D eigenvalue weighted by Crippen LogP contribution is -2.12. The fourth-order valence-electron chi connectivity index (χ4n) is 7.70. The summed E-state index contributed by atoms with van der Waals surface area (Å²) in [6.45, 7) is 0. The predicted molar refractivity (Wildman–Crippen MR) is 219 cm³/mol. The van der Waals surface area contributed by atoms with E-state index in [4.69, 9.17) is 0 Å². The van der Waals surface area contributed by atoms with Gasteiger partial charge < -0.3 is 9.47 Å². The van der Waals surface area contributed by atoms with Crippen LogP contribution in [-0.2, 0) is 6.42 Å². The first-order chi connectivity index (χ1) is 25.8. The zero-order chi connectivity index (χ0) is 34.7. The Kier molecular flexibility index (Phi) is 8.40. The van der Waals surface area contributed by atoms with E-state index in [0.717, 1.165) is 23.5 Å². The second kappa shape index (κ2) is 13.9. The second-order valence-electron chi connectivity index (χ2n) is 13.4. The van der Waals surface area contributed by atoms with Crippen LogP contribution in [0.15, 0.2) is 212 Å². The number of hydrogen-bond acceptors (Lipinski definition) is 1. The highest BCUT2D eigenvalue weighted by molar-refractivity contribution is 6.10. The van der Waals surface area contributed by atoms with Crippen LogP contribution in [0.2, 0.25) is 0 Å². The maximum absolute atomic E-state index is 2.43. The van der Waals surface area contributed by atoms with Crippen molar-refractivity contribution in [1.29, 1.82) is 0 Å². The number of anilines is 3. The van der Waals surface area contributed by atoms with Crippen LogP contribution in [0.1, 0.15) is 22.6 Å². The number of nitrogens with zero attached hydrogens (tertiary/aromatic N) is 2. The number of aromatic nitrogens is 1. The topological polar surface area (TPSA) is 8.17 Å². The smallest absolute Gasteiger partial charge is 0.0541 e. The molecule has 0 aliphatic carbocycles. The van der Waals surface area contributed by atoms with Crippen LogP contribution < -0.4 is 4.90 Å². The number of hydrogen-bond donors (Lipinski definition) is 0. The molecule has 52 heavy (non-hydrogen) atoms. The van der Waals surface area contributed by atoms with Gasteiger partial charge in [0.15, 0.2) is 0 Å². The maximum Gasteiger partial charge on any atom is 0.0541 e. The van der Waals surface area contributed by atoms with E-state index < -0.39 is 0 Å². The molecule has 1 unspecified atom stereocenters. The fourth-order valence-corrected chi connectivity index (χ4v) is 7.70. The van der Waals surface area contributed by atoms with Crippen molar-refractivity contribution in [2.24, 2.45) is 0 Å². The minimum Gasteiger partial charge on any atom is -0.310 e. The van der Waals surface area contributed by atoms with Gasteiger partial charge in [0.2, 0.25) is 0 Å². The lowest BCUT2D eigenvalue weighted by atomic mass is 9.84. The minimum absolute atomic E-state index is 0.152. The molecule has 0 saturated carbocycles. The lowest BCUT2D eigenvalue weighted by molar-refractivity contribution is 0.805. The summed E-state index contributed by atoms with van der Waals surface area (Å²) in [4.78, 5) is 2.39. The van der Waals surface area contributed by atoms with Crippen LogP contribution in [0.25, 0.3) is 38.6 Å². The first-order valence-corrected chi connectivity index (χ1v) is 18.0. The third-order valence-corrected chi connectivity index (χ3v) is 10.1. The molecule has 2 heteroatoms. The molecule has 1 heterocycles. The molecule has 0 radical (unpaired) electrons. The van der Waals surface area contributed by atoms with Gasteiger partial charge in [-0.1, -0.05) is 146 Å². The average Bonchev–Trinajstić information content (AvgIpc) is 3.55. The van der Waals surface area contributed by atoms with Gasteiger partial charge >= 0.3 is 0 Å². The van der Waals surface area contributed by atoms with E-state index in [2.05, 4.69) is 222 Å². The Morgan fingerprint density at radius 1 is 0.385 bits per heavy atom. The summed E-state index contributed by atoms with van der Waals surface area (Å²) < 4.78 is 2.38. The molecule has 0 aliphatic rings. The largest absolute Gasteiger partial charge is 0.310 e. The van der Waals surface area contributed by atoms with E-state index in [9.17, 15) is 0 Å². The Morgan fingerprint density at radius 3 is 1.62 bits per heavy atom. The Labute approximate surface area is 305 Å². The van der Waals surface area contributed by atoms with Crippen molar-refractivity contribution in [1.82, 2.24) is 4.57 Å². The average molecular weight is 667 g/mol. The first kappa shape index (κ1) is 31.3. The predicted octanol–water partition coefficient (Wildman–Crippen LogP) is 13.3. The minimum atomic E-state index is 0.152. The molecule has 0 fully saturated rings. The van der Waals surface area contributed by atoms with Crippen LogP contribution in [0.3, 0.4) is 0 Å². The zero-order valence-corrected chi connectivity index (χ0v) is 28.9. The van der Waals surface area contributed by atoms with Gasteiger partial charge in [0.25, 0.3) is 0 Å². The molecule has 8 aromatic carbocycles. The molecule has 248 valence electrons. The fraction of sp³-hybridized carbons (Fsp3) is 0.0400. The molecule has 0 N–H and O–H groups in total. The van der Waals surface area contributed by atoms with Crippen molar-refractivity contribution >= 4 is 38.9 Å². The van der Waals surface area contributed by atoms with Gasteiger partial charge in [0.1, 0.15) is 0 Å². The Morgan fingerprint density at radius 2 is 0.942 bits per heavy atom. The molecule has 1 aromatic heterocycles. The van der Waals surface area contributed by atoms with Gasteiger partial charge in [-0.3, -0.25) is 0 Å². The lowest BCUT2D eigenvalue weighted by Gasteiger charge is -2.28. The third-order valence-electron chi connectivity index (χ3n) is 10.1. The van der Waals surface area contributed by atoms with Crippen molar-refractivity contribution in [3.8, 4) is 16.8 Å². The van der Waals surface area contributed by atoms with E-state index in [1.807, 2.05) is 0 Å². The van der Waals surface area contributed by atoms with Crippen LogP contribution in [0, 0.1) is 0 Å². The van der Waals surface area contributed by atoms with Gasteiger partial charge in [-0.15, -0.1) is 0 Å². The third kappa shape index (κ3) is 6.05. The number of para-hydroxylation sites is 4. The zero-order valence-electron chi connectivity index (χ0n) is 28.9. The Balaban J connectivity index is 1.28. The van der Waals surface area contributed by atoms with Crippen molar-refractivity contribution in [3.05, 3.63) is 229 Å². The molecule has 2 nitrogen and oxygen atoms in total. The quantitative estimate of drug-likeness (QED) is 0.149. The first-order valence-electron chi connectivity index (χ1n) is 18.0. The summed E-state index contributed by atoms with van der Waals surface area (Å²) in [5.41, 5.74) is 13.3. The molecule has 0 amide bonds. The summed E-state index contributed by atoms with van der Waals surface area (Å²) >= 11 is 0. The van der Waals surface area contributed by atoms with Gasteiger partial charge in [0, 0.05) is 39.4 Å². The van der Waals surface area contributed by atoms with Gasteiger partial charge in [-0.25, -0.2) is 0 Å². The molecule has 0 bridgehead atoms. The SMILES string of the molecule is c1ccc(CC(c2ccccc2)c2cc(-c3ccc4c(c3)c3ccccc3n4-c3ccccc3)cc(N(c3ccccc3)c3ccccc3)c2)cc1. The van der Waals surface area contributed by atoms with Crippen LogP contribution in [-0.4, -0.2) is 4.57 Å². The molecule has 1 atom stereocenters. The van der Waals surface area contributed by atoms with E-state index in [1.165, 1.54) is 55.3 Å². The molecule has 9 rings (SSSR count). The summed E-state index contributed by atoms with van der Waals surface area (Å²) in [6, 6.07) is 76.9. The highest BCUT2D eigenvalue weighted by Gasteiger charge is 2.21. The number of benzene rings is 8. The second-order valence-corrected chi connectivity index (χ2v) is 13.4. The number of rotatable bonds is 9. The summed E-state index contributed by atoms with van der Waals surface area (Å²) in [5.74, 6) is 0.152.